The van der Waals surface area contributed by atoms with Crippen LogP contribution in [0, 0.1) is 5.82 Å². The predicted octanol–water partition coefficient (Wildman–Crippen LogP) is 4.83. The van der Waals surface area contributed by atoms with Crippen molar-refractivity contribution in [2.45, 2.75) is 19.4 Å². The highest BCUT2D eigenvalue weighted by molar-refractivity contribution is 5.76. The number of hydrogen-bond donors (Lipinski definition) is 2. The summed E-state index contributed by atoms with van der Waals surface area (Å²) in [6.45, 7) is 2.18. The van der Waals surface area contributed by atoms with Crippen molar-refractivity contribution in [1.29, 1.82) is 0 Å². The van der Waals surface area contributed by atoms with E-state index in [-0.39, 0.29) is 0 Å². The highest BCUT2D eigenvalue weighted by Crippen LogP contribution is 2.26. The molecule has 3 aromatic carbocycles. The molecule has 0 fully saturated rings. The molecule has 0 unspecified atom stereocenters. The third-order valence-corrected chi connectivity index (χ3v) is 4.03. The van der Waals surface area contributed by atoms with Gasteiger partial charge in [-0.15, -0.1) is 0 Å². The van der Waals surface area contributed by atoms with E-state index in [1.165, 1.54) is 11.6 Å². The van der Waals surface area contributed by atoms with Crippen LogP contribution in [-0.2, 0) is 11.3 Å². The molecule has 26 heavy (non-hydrogen) atoms. The lowest BCUT2D eigenvalue weighted by Crippen LogP contribution is -2.07. The van der Waals surface area contributed by atoms with Gasteiger partial charge in [0, 0.05) is 12.1 Å². The zero-order chi connectivity index (χ0) is 18.9. The van der Waals surface area contributed by atoms with Crippen LogP contribution < -0.4 is 5.73 Å². The van der Waals surface area contributed by atoms with Gasteiger partial charge in [-0.25, -0.2) is 4.39 Å². The van der Waals surface area contributed by atoms with Crippen LogP contribution in [0.5, 0.6) is 0 Å². The van der Waals surface area contributed by atoms with E-state index in [2.05, 4.69) is 0 Å². The Kier molecular flexibility index (Phi) is 7.06. The molecule has 0 bridgehead atoms. The first kappa shape index (κ1) is 19.3. The predicted molar refractivity (Wildman–Crippen MR) is 102 cm³/mol. The largest absolute Gasteiger partial charge is 0.481 e. The van der Waals surface area contributed by atoms with Crippen LogP contribution in [0.3, 0.4) is 0 Å². The van der Waals surface area contributed by atoms with Gasteiger partial charge in [0.05, 0.1) is 5.92 Å². The van der Waals surface area contributed by atoms with Crippen LogP contribution in [0.1, 0.15) is 24.0 Å². The third-order valence-electron chi connectivity index (χ3n) is 4.03. The molecule has 0 heterocycles. The maximum atomic E-state index is 14.0. The van der Waals surface area contributed by atoms with E-state index in [1.807, 2.05) is 60.7 Å². The van der Waals surface area contributed by atoms with Crippen LogP contribution in [0.15, 0.2) is 78.9 Å². The Labute approximate surface area is 152 Å². The van der Waals surface area contributed by atoms with Gasteiger partial charge in [-0.2, -0.15) is 0 Å². The number of aliphatic carboxylic acids is 1. The minimum atomic E-state index is -0.957. The molecule has 0 amide bonds. The van der Waals surface area contributed by atoms with Gasteiger partial charge in [0.25, 0.3) is 0 Å². The second-order valence-electron chi connectivity index (χ2n) is 5.85. The monoisotopic (exact) mass is 351 g/mol. The average molecular weight is 351 g/mol. The van der Waals surface area contributed by atoms with Crippen molar-refractivity contribution in [3.8, 4) is 11.1 Å². The molecule has 134 valence electrons. The summed E-state index contributed by atoms with van der Waals surface area (Å²) in [5.74, 6) is -2.06. The zero-order valence-corrected chi connectivity index (χ0v) is 14.6. The molecule has 0 radical (unpaired) electrons. The van der Waals surface area contributed by atoms with Gasteiger partial charge >= 0.3 is 5.97 Å². The first-order chi connectivity index (χ1) is 12.5. The fourth-order valence-electron chi connectivity index (χ4n) is 2.41. The van der Waals surface area contributed by atoms with Crippen molar-refractivity contribution in [2.24, 2.45) is 5.73 Å². The fourth-order valence-corrected chi connectivity index (χ4v) is 2.41. The van der Waals surface area contributed by atoms with E-state index in [1.54, 1.807) is 19.1 Å². The summed E-state index contributed by atoms with van der Waals surface area (Å²) >= 11 is 0. The molecule has 0 aliphatic heterocycles. The van der Waals surface area contributed by atoms with Gasteiger partial charge in [-0.3, -0.25) is 4.79 Å². The van der Waals surface area contributed by atoms with E-state index in [0.29, 0.717) is 17.7 Å². The molecule has 0 aliphatic carbocycles. The number of benzene rings is 3. The first-order valence-corrected chi connectivity index (χ1v) is 8.34. The molecule has 3 N–H and O–H groups in total. The van der Waals surface area contributed by atoms with Gasteiger partial charge in [-0.05, 0) is 29.7 Å². The molecule has 4 heteroatoms. The van der Waals surface area contributed by atoms with Gasteiger partial charge in [0.1, 0.15) is 5.82 Å². The maximum absolute atomic E-state index is 14.0. The van der Waals surface area contributed by atoms with Crippen molar-refractivity contribution in [3.63, 3.8) is 0 Å². The summed E-state index contributed by atoms with van der Waals surface area (Å²) in [6, 6.07) is 23.7. The normalized spacial score (nSPS) is 11.2. The van der Waals surface area contributed by atoms with Crippen LogP contribution in [0.2, 0.25) is 0 Å². The number of carbonyl (C=O) groups is 1. The smallest absolute Gasteiger partial charge is 0.310 e. The average Bonchev–Trinajstić information content (AvgIpc) is 2.69. The van der Waals surface area contributed by atoms with Crippen molar-refractivity contribution >= 4 is 5.97 Å². The van der Waals surface area contributed by atoms with Gasteiger partial charge in [0.2, 0.25) is 0 Å². The molecule has 0 spiro atoms. The lowest BCUT2D eigenvalue weighted by Gasteiger charge is -2.09. The fraction of sp³-hybridized carbons (Fsp3) is 0.136. The molecular weight excluding hydrogens is 329 g/mol. The van der Waals surface area contributed by atoms with E-state index >= 15 is 0 Å². The SMILES string of the molecule is C[C@@H](C(=O)O)c1ccc(-c2ccccc2)c(F)c1.NCc1ccccc1. The minimum absolute atomic E-state index is 0.396. The van der Waals surface area contributed by atoms with Crippen molar-refractivity contribution in [1.82, 2.24) is 0 Å². The number of carboxylic acid groups (broad SMARTS) is 1. The van der Waals surface area contributed by atoms with Crippen LogP contribution in [-0.4, -0.2) is 11.1 Å². The molecule has 3 nitrogen and oxygen atoms in total. The summed E-state index contributed by atoms with van der Waals surface area (Å²) in [5, 5.41) is 8.89. The second-order valence-corrected chi connectivity index (χ2v) is 5.85. The maximum Gasteiger partial charge on any atom is 0.310 e. The van der Waals surface area contributed by atoms with Crippen molar-refractivity contribution < 1.29 is 14.3 Å². The third kappa shape index (κ3) is 5.26. The number of nitrogens with two attached hydrogens (primary N) is 1. The molecule has 0 saturated carbocycles. The molecule has 0 aliphatic rings. The molecule has 0 saturated heterocycles. The van der Waals surface area contributed by atoms with E-state index in [4.69, 9.17) is 10.8 Å². The van der Waals surface area contributed by atoms with E-state index in [9.17, 15) is 9.18 Å². The van der Waals surface area contributed by atoms with Crippen LogP contribution in [0.25, 0.3) is 11.1 Å². The Bertz CT molecular complexity index is 835. The van der Waals surface area contributed by atoms with Crippen molar-refractivity contribution in [2.75, 3.05) is 0 Å². The molecule has 3 aromatic rings. The number of halogens is 1. The highest BCUT2D eigenvalue weighted by atomic mass is 19.1. The molecule has 0 aromatic heterocycles. The number of carboxylic acids is 1. The van der Waals surface area contributed by atoms with Crippen molar-refractivity contribution in [3.05, 3.63) is 95.8 Å². The molecular formula is C22H22FNO2. The lowest BCUT2D eigenvalue weighted by molar-refractivity contribution is -0.138. The number of rotatable bonds is 4. The Balaban J connectivity index is 0.000000254. The van der Waals surface area contributed by atoms with E-state index < -0.39 is 17.7 Å². The van der Waals surface area contributed by atoms with Crippen LogP contribution >= 0.6 is 0 Å². The standard InChI is InChI=1S/C15H13FO2.C7H9N/c1-10(15(17)18)12-7-8-13(14(16)9-12)11-5-3-2-4-6-11;8-6-7-4-2-1-3-5-7/h2-10H,1H3,(H,17,18);1-5H,6,8H2/t10-;/m1./s1. The second kappa shape index (κ2) is 9.49. The zero-order valence-electron chi connectivity index (χ0n) is 14.6. The summed E-state index contributed by atoms with van der Waals surface area (Å²) < 4.78 is 14.0. The Morgan fingerprint density at radius 1 is 1.00 bits per heavy atom. The number of hydrogen-bond acceptors (Lipinski definition) is 2. The van der Waals surface area contributed by atoms with Gasteiger partial charge in [-0.1, -0.05) is 72.8 Å². The first-order valence-electron chi connectivity index (χ1n) is 8.34. The van der Waals surface area contributed by atoms with Crippen LogP contribution in [0.4, 0.5) is 4.39 Å². The summed E-state index contributed by atoms with van der Waals surface area (Å²) in [6.07, 6.45) is 0. The molecule has 3 rings (SSSR count). The topological polar surface area (TPSA) is 63.3 Å². The highest BCUT2D eigenvalue weighted by Gasteiger charge is 2.15. The lowest BCUT2D eigenvalue weighted by atomic mass is 9.97. The summed E-state index contributed by atoms with van der Waals surface area (Å²) in [4.78, 5) is 10.8. The van der Waals surface area contributed by atoms with Gasteiger partial charge in [0.15, 0.2) is 0 Å². The Morgan fingerprint density at radius 3 is 2.04 bits per heavy atom. The molecule has 1 atom stereocenters. The van der Waals surface area contributed by atoms with Gasteiger partial charge < -0.3 is 10.8 Å². The summed E-state index contributed by atoms with van der Waals surface area (Å²) in [5.41, 5.74) is 8.27. The van der Waals surface area contributed by atoms with E-state index in [0.717, 1.165) is 5.56 Å². The Hall–Kier alpha value is -2.98. The minimum Gasteiger partial charge on any atom is -0.481 e. The quantitative estimate of drug-likeness (QED) is 0.708. The Morgan fingerprint density at radius 2 is 1.58 bits per heavy atom. The summed E-state index contributed by atoms with van der Waals surface area (Å²) in [7, 11) is 0.